The molecule has 2 aliphatic heterocycles. The lowest BCUT2D eigenvalue weighted by Gasteiger charge is -2.26. The Morgan fingerprint density at radius 2 is 1.72 bits per heavy atom. The summed E-state index contributed by atoms with van der Waals surface area (Å²) in [5, 5.41) is 0.815. The van der Waals surface area contributed by atoms with Crippen molar-refractivity contribution >= 4 is 45.9 Å². The van der Waals surface area contributed by atoms with Gasteiger partial charge in [-0.05, 0) is 73.3 Å². The standard InChI is InChI=1S/C21H22ClNS.BrH/c22-16-10-11-21-19(15-16)17(18-7-2-3-9-20(18)24-21)8-6-14-23-12-4-1-5-13-23;/h2-3,7-11,15H,1,4-6,12-14H2;1H/b17-8+;. The van der Waals surface area contributed by atoms with Crippen LogP contribution in [0.25, 0.3) is 5.57 Å². The molecule has 0 aromatic heterocycles. The summed E-state index contributed by atoms with van der Waals surface area (Å²) >= 11 is 8.13. The number of hydrogen-bond acceptors (Lipinski definition) is 2. The van der Waals surface area contributed by atoms with Crippen LogP contribution in [-0.4, -0.2) is 24.5 Å². The molecular weight excluding hydrogens is 414 g/mol. The summed E-state index contributed by atoms with van der Waals surface area (Å²) in [6.07, 6.45) is 7.62. The summed E-state index contributed by atoms with van der Waals surface area (Å²) in [7, 11) is 0. The molecule has 0 saturated carbocycles. The summed E-state index contributed by atoms with van der Waals surface area (Å²) in [4.78, 5) is 5.25. The number of halogens is 2. The van der Waals surface area contributed by atoms with Crippen molar-refractivity contribution in [3.05, 3.63) is 64.7 Å². The van der Waals surface area contributed by atoms with Crippen LogP contribution in [-0.2, 0) is 0 Å². The van der Waals surface area contributed by atoms with Crippen LogP contribution in [0.4, 0.5) is 0 Å². The van der Waals surface area contributed by atoms with Crippen LogP contribution in [0.5, 0.6) is 0 Å². The minimum absolute atomic E-state index is 0. The molecule has 0 aliphatic carbocycles. The topological polar surface area (TPSA) is 3.24 Å². The Hall–Kier alpha value is -0.740. The highest BCUT2D eigenvalue weighted by Crippen LogP contribution is 2.46. The molecule has 132 valence electrons. The second-order valence-corrected chi connectivity index (χ2v) is 8.07. The first-order valence-electron chi connectivity index (χ1n) is 8.81. The highest BCUT2D eigenvalue weighted by Gasteiger charge is 2.20. The lowest BCUT2D eigenvalue weighted by atomic mass is 9.96. The Morgan fingerprint density at radius 1 is 0.960 bits per heavy atom. The number of hydrogen-bond donors (Lipinski definition) is 0. The van der Waals surface area contributed by atoms with Gasteiger partial charge in [0.1, 0.15) is 0 Å². The maximum absolute atomic E-state index is 6.28. The number of likely N-dealkylation sites (tertiary alicyclic amines) is 1. The normalized spacial score (nSPS) is 18.4. The van der Waals surface area contributed by atoms with Crippen LogP contribution >= 0.6 is 40.3 Å². The van der Waals surface area contributed by atoms with E-state index in [1.165, 1.54) is 58.8 Å². The van der Waals surface area contributed by atoms with Gasteiger partial charge in [-0.25, -0.2) is 0 Å². The molecule has 2 heterocycles. The third-order valence-corrected chi connectivity index (χ3v) is 6.26. The van der Waals surface area contributed by atoms with E-state index in [4.69, 9.17) is 11.6 Å². The highest BCUT2D eigenvalue weighted by molar-refractivity contribution is 8.93. The van der Waals surface area contributed by atoms with Gasteiger partial charge in [-0.2, -0.15) is 0 Å². The second-order valence-electron chi connectivity index (χ2n) is 6.55. The summed E-state index contributed by atoms with van der Waals surface area (Å²) in [6.45, 7) is 3.69. The van der Waals surface area contributed by atoms with E-state index in [1.54, 1.807) is 0 Å². The average molecular weight is 437 g/mol. The van der Waals surface area contributed by atoms with Crippen molar-refractivity contribution in [2.45, 2.75) is 35.5 Å². The van der Waals surface area contributed by atoms with Crippen LogP contribution in [0.15, 0.2) is 58.3 Å². The summed E-state index contributed by atoms with van der Waals surface area (Å²) in [5.41, 5.74) is 3.97. The molecule has 0 N–H and O–H groups in total. The zero-order chi connectivity index (χ0) is 16.4. The van der Waals surface area contributed by atoms with Gasteiger partial charge in [0.05, 0.1) is 0 Å². The zero-order valence-corrected chi connectivity index (χ0v) is 17.5. The molecule has 0 spiro atoms. The number of nitrogens with zero attached hydrogens (tertiary/aromatic N) is 1. The van der Waals surface area contributed by atoms with Crippen molar-refractivity contribution in [2.24, 2.45) is 0 Å². The van der Waals surface area contributed by atoms with Crippen LogP contribution in [0.2, 0.25) is 5.02 Å². The van der Waals surface area contributed by atoms with E-state index in [9.17, 15) is 0 Å². The van der Waals surface area contributed by atoms with Gasteiger partial charge in [-0.1, -0.05) is 54.1 Å². The number of fused-ring (bicyclic) bond motifs is 2. The quantitative estimate of drug-likeness (QED) is 0.450. The van der Waals surface area contributed by atoms with Gasteiger partial charge in [0.25, 0.3) is 0 Å². The van der Waals surface area contributed by atoms with E-state index in [0.717, 1.165) is 18.0 Å². The Morgan fingerprint density at radius 3 is 2.56 bits per heavy atom. The highest BCUT2D eigenvalue weighted by atomic mass is 79.9. The molecule has 2 aromatic rings. The largest absolute Gasteiger partial charge is 0.303 e. The molecule has 0 unspecified atom stereocenters. The van der Waals surface area contributed by atoms with Gasteiger partial charge in [0.15, 0.2) is 0 Å². The van der Waals surface area contributed by atoms with E-state index in [1.807, 2.05) is 17.8 Å². The predicted octanol–water partition coefficient (Wildman–Crippen LogP) is 6.69. The summed E-state index contributed by atoms with van der Waals surface area (Å²) in [5.74, 6) is 0. The monoisotopic (exact) mass is 435 g/mol. The molecule has 0 radical (unpaired) electrons. The van der Waals surface area contributed by atoms with Crippen LogP contribution < -0.4 is 0 Å². The summed E-state index contributed by atoms with van der Waals surface area (Å²) in [6, 6.07) is 15.0. The van der Waals surface area contributed by atoms with E-state index >= 15 is 0 Å². The van der Waals surface area contributed by atoms with E-state index in [2.05, 4.69) is 47.4 Å². The van der Waals surface area contributed by atoms with E-state index in [0.29, 0.717) is 0 Å². The van der Waals surface area contributed by atoms with Crippen LogP contribution in [0, 0.1) is 0 Å². The Balaban J connectivity index is 0.00000182. The first kappa shape index (κ1) is 19.0. The van der Waals surface area contributed by atoms with Gasteiger partial charge in [-0.3, -0.25) is 0 Å². The van der Waals surface area contributed by atoms with Crippen LogP contribution in [0.1, 0.15) is 36.8 Å². The fourth-order valence-corrected chi connectivity index (χ4v) is 4.90. The molecule has 0 amide bonds. The number of piperidine rings is 1. The van der Waals surface area contributed by atoms with Gasteiger partial charge in [0.2, 0.25) is 0 Å². The smallest absolute Gasteiger partial charge is 0.0412 e. The molecule has 1 nitrogen and oxygen atoms in total. The van der Waals surface area contributed by atoms with E-state index < -0.39 is 0 Å². The SMILES string of the molecule is Br.Clc1ccc2c(c1)/C(=C/CCN1CCCCC1)c1ccccc1S2. The fraction of sp³-hybridized carbons (Fsp3) is 0.333. The lowest BCUT2D eigenvalue weighted by Crippen LogP contribution is -2.30. The van der Waals surface area contributed by atoms with Gasteiger partial charge in [-0.15, -0.1) is 17.0 Å². The van der Waals surface area contributed by atoms with Crippen molar-refractivity contribution in [1.82, 2.24) is 4.90 Å². The maximum Gasteiger partial charge on any atom is 0.0412 e. The van der Waals surface area contributed by atoms with Crippen molar-refractivity contribution < 1.29 is 0 Å². The molecule has 1 fully saturated rings. The molecule has 0 atom stereocenters. The van der Waals surface area contributed by atoms with E-state index in [-0.39, 0.29) is 17.0 Å². The molecule has 0 bridgehead atoms. The van der Waals surface area contributed by atoms with Crippen molar-refractivity contribution in [3.63, 3.8) is 0 Å². The predicted molar refractivity (Wildman–Crippen MR) is 114 cm³/mol. The third-order valence-electron chi connectivity index (χ3n) is 4.87. The minimum Gasteiger partial charge on any atom is -0.303 e. The first-order valence-corrected chi connectivity index (χ1v) is 10.0. The van der Waals surface area contributed by atoms with Gasteiger partial charge >= 0.3 is 0 Å². The molecule has 2 aromatic carbocycles. The zero-order valence-electron chi connectivity index (χ0n) is 14.2. The Bertz CT molecular complexity index is 768. The van der Waals surface area contributed by atoms with Crippen molar-refractivity contribution in [1.29, 1.82) is 0 Å². The molecule has 25 heavy (non-hydrogen) atoms. The molecule has 4 rings (SSSR count). The number of rotatable bonds is 3. The van der Waals surface area contributed by atoms with Crippen molar-refractivity contribution in [3.8, 4) is 0 Å². The Kier molecular flexibility index (Phi) is 6.67. The molecule has 4 heteroatoms. The lowest BCUT2D eigenvalue weighted by molar-refractivity contribution is 0.233. The Labute approximate surface area is 170 Å². The van der Waals surface area contributed by atoms with Gasteiger partial charge in [0, 0.05) is 21.4 Å². The average Bonchev–Trinajstić information content (AvgIpc) is 2.62. The number of benzene rings is 2. The van der Waals surface area contributed by atoms with Crippen LogP contribution in [0.3, 0.4) is 0 Å². The second kappa shape index (κ2) is 8.77. The summed E-state index contributed by atoms with van der Waals surface area (Å²) < 4.78 is 0. The van der Waals surface area contributed by atoms with Crippen molar-refractivity contribution in [2.75, 3.05) is 19.6 Å². The minimum atomic E-state index is 0. The molecule has 2 aliphatic rings. The fourth-order valence-electron chi connectivity index (χ4n) is 3.64. The first-order chi connectivity index (χ1) is 11.8. The maximum atomic E-state index is 6.28. The van der Waals surface area contributed by atoms with Gasteiger partial charge < -0.3 is 4.90 Å². The third kappa shape index (κ3) is 4.33. The molecule has 1 saturated heterocycles. The molecular formula is C21H23BrClNS.